The minimum absolute atomic E-state index is 0.173. The van der Waals surface area contributed by atoms with Crippen LogP contribution in [0.15, 0.2) is 42.5 Å². The molecule has 1 amide bonds. The van der Waals surface area contributed by atoms with Gasteiger partial charge in [-0.2, -0.15) is 0 Å². The van der Waals surface area contributed by atoms with Crippen LogP contribution in [0.4, 0.5) is 11.4 Å². The first-order valence-corrected chi connectivity index (χ1v) is 7.04. The van der Waals surface area contributed by atoms with Crippen LogP contribution in [0.25, 0.3) is 0 Å². The molecule has 0 atom stereocenters. The molecule has 110 valence electrons. The van der Waals surface area contributed by atoms with Crippen LogP contribution in [0, 0.1) is 0 Å². The maximum atomic E-state index is 11.8. The molecule has 4 nitrogen and oxygen atoms in total. The van der Waals surface area contributed by atoms with Gasteiger partial charge in [0.05, 0.1) is 34.4 Å². The van der Waals surface area contributed by atoms with Crippen molar-refractivity contribution >= 4 is 40.5 Å². The number of hydrogen-bond acceptors (Lipinski definition) is 3. The Bertz CT molecular complexity index is 647. The number of nitrogens with one attached hydrogen (secondary N) is 1. The largest absolute Gasteiger partial charge is 0.493 e. The highest BCUT2D eigenvalue weighted by atomic mass is 35.5. The highest BCUT2D eigenvalue weighted by Gasteiger charge is 2.06. The average Bonchev–Trinajstić information content (AvgIpc) is 2.45. The number of nitrogen functional groups attached to an aromatic ring is 1. The number of para-hydroxylation sites is 2. The van der Waals surface area contributed by atoms with Gasteiger partial charge in [-0.05, 0) is 24.3 Å². The summed E-state index contributed by atoms with van der Waals surface area (Å²) in [5.41, 5.74) is 6.87. The fourth-order valence-electron chi connectivity index (χ4n) is 1.65. The van der Waals surface area contributed by atoms with Gasteiger partial charge >= 0.3 is 0 Å². The van der Waals surface area contributed by atoms with Gasteiger partial charge in [0.2, 0.25) is 5.91 Å². The Labute approximate surface area is 132 Å². The number of halogens is 2. The van der Waals surface area contributed by atoms with Crippen molar-refractivity contribution in [3.8, 4) is 5.75 Å². The Hall–Kier alpha value is -1.91. The van der Waals surface area contributed by atoms with E-state index in [-0.39, 0.29) is 18.9 Å². The molecule has 3 N–H and O–H groups in total. The van der Waals surface area contributed by atoms with Crippen molar-refractivity contribution in [2.45, 2.75) is 6.42 Å². The van der Waals surface area contributed by atoms with Crippen molar-refractivity contribution in [3.63, 3.8) is 0 Å². The van der Waals surface area contributed by atoms with Gasteiger partial charge in [-0.3, -0.25) is 4.79 Å². The van der Waals surface area contributed by atoms with Crippen LogP contribution in [0.2, 0.25) is 10.0 Å². The molecule has 6 heteroatoms. The van der Waals surface area contributed by atoms with Crippen molar-refractivity contribution < 1.29 is 9.53 Å². The number of anilines is 2. The maximum absolute atomic E-state index is 11.8. The van der Waals surface area contributed by atoms with Crippen LogP contribution in [-0.2, 0) is 4.79 Å². The average molecular weight is 325 g/mol. The van der Waals surface area contributed by atoms with Crippen molar-refractivity contribution in [1.29, 1.82) is 0 Å². The second-order valence-electron chi connectivity index (χ2n) is 4.31. The molecule has 2 rings (SSSR count). The van der Waals surface area contributed by atoms with E-state index in [1.165, 1.54) is 0 Å². The van der Waals surface area contributed by atoms with Gasteiger partial charge in [0.1, 0.15) is 5.75 Å². The summed E-state index contributed by atoms with van der Waals surface area (Å²) in [7, 11) is 0. The molecule has 0 aliphatic carbocycles. The van der Waals surface area contributed by atoms with E-state index in [1.807, 2.05) is 0 Å². The Kier molecular flexibility index (Phi) is 5.31. The molecular formula is C15H14Cl2N2O2. The Morgan fingerprint density at radius 1 is 1.14 bits per heavy atom. The number of carbonyl (C=O) groups excluding carboxylic acids is 1. The number of benzene rings is 2. The molecule has 2 aromatic rings. The van der Waals surface area contributed by atoms with Gasteiger partial charge in [0.15, 0.2) is 0 Å². The summed E-state index contributed by atoms with van der Waals surface area (Å²) in [6, 6.07) is 12.0. The predicted octanol–water partition coefficient (Wildman–Crippen LogP) is 3.98. The van der Waals surface area contributed by atoms with E-state index in [0.29, 0.717) is 27.2 Å². The number of hydrogen-bond donors (Lipinski definition) is 2. The number of amides is 1. The first-order valence-electron chi connectivity index (χ1n) is 6.28. The summed E-state index contributed by atoms with van der Waals surface area (Å²) in [5, 5.41) is 3.60. The number of carbonyl (C=O) groups is 1. The summed E-state index contributed by atoms with van der Waals surface area (Å²) in [6.45, 7) is 0.233. The van der Waals surface area contributed by atoms with Crippen molar-refractivity contribution in [2.75, 3.05) is 17.7 Å². The molecule has 0 aromatic heterocycles. The topological polar surface area (TPSA) is 64.3 Å². The third-order valence-electron chi connectivity index (χ3n) is 2.72. The second-order valence-corrected chi connectivity index (χ2v) is 5.12. The van der Waals surface area contributed by atoms with Crippen LogP contribution >= 0.6 is 23.2 Å². The quantitative estimate of drug-likeness (QED) is 0.817. The van der Waals surface area contributed by atoms with Gasteiger partial charge < -0.3 is 15.8 Å². The molecule has 0 aliphatic heterocycles. The molecule has 21 heavy (non-hydrogen) atoms. The van der Waals surface area contributed by atoms with Crippen LogP contribution in [-0.4, -0.2) is 12.5 Å². The van der Waals surface area contributed by atoms with Crippen LogP contribution in [0.5, 0.6) is 5.75 Å². The lowest BCUT2D eigenvalue weighted by molar-refractivity contribution is -0.116. The highest BCUT2D eigenvalue weighted by Crippen LogP contribution is 2.26. The van der Waals surface area contributed by atoms with Gasteiger partial charge in [0, 0.05) is 6.07 Å². The lowest BCUT2D eigenvalue weighted by Crippen LogP contribution is -2.16. The number of rotatable bonds is 5. The van der Waals surface area contributed by atoms with Gasteiger partial charge in [-0.1, -0.05) is 35.3 Å². The van der Waals surface area contributed by atoms with Gasteiger partial charge in [-0.15, -0.1) is 0 Å². The summed E-state index contributed by atoms with van der Waals surface area (Å²) in [4.78, 5) is 11.8. The zero-order chi connectivity index (χ0) is 15.2. The molecule has 0 radical (unpaired) electrons. The smallest absolute Gasteiger partial charge is 0.227 e. The predicted molar refractivity (Wildman–Crippen MR) is 86.1 cm³/mol. The van der Waals surface area contributed by atoms with Crippen LogP contribution in [0.3, 0.4) is 0 Å². The van der Waals surface area contributed by atoms with Crippen LogP contribution in [0.1, 0.15) is 6.42 Å². The molecule has 2 aromatic carbocycles. The van der Waals surface area contributed by atoms with E-state index in [2.05, 4.69) is 5.32 Å². The van der Waals surface area contributed by atoms with E-state index in [4.69, 9.17) is 33.7 Å². The minimum atomic E-state index is -0.173. The summed E-state index contributed by atoms with van der Waals surface area (Å²) in [6.07, 6.45) is 0.203. The van der Waals surface area contributed by atoms with Gasteiger partial charge in [0.25, 0.3) is 0 Å². The number of ether oxygens (including phenoxy) is 1. The molecule has 0 heterocycles. The van der Waals surface area contributed by atoms with Crippen LogP contribution < -0.4 is 15.8 Å². The molecule has 0 spiro atoms. The number of nitrogens with two attached hydrogens (primary N) is 1. The summed E-state index contributed by atoms with van der Waals surface area (Å²) in [5.74, 6) is 0.393. The summed E-state index contributed by atoms with van der Waals surface area (Å²) < 4.78 is 5.45. The molecule has 0 saturated heterocycles. The zero-order valence-corrected chi connectivity index (χ0v) is 12.6. The van der Waals surface area contributed by atoms with E-state index in [9.17, 15) is 4.79 Å². The standard InChI is InChI=1S/C15H14Cl2N2O2/c16-11-6-5-10(9-12(11)17)21-8-7-15(20)19-14-4-2-1-3-13(14)18/h1-6,9H,7-8,18H2,(H,19,20). The Morgan fingerprint density at radius 3 is 2.62 bits per heavy atom. The third kappa shape index (κ3) is 4.55. The molecule has 0 aliphatic rings. The lowest BCUT2D eigenvalue weighted by atomic mass is 10.2. The van der Waals surface area contributed by atoms with Crippen molar-refractivity contribution in [3.05, 3.63) is 52.5 Å². The fraction of sp³-hybridized carbons (Fsp3) is 0.133. The summed E-state index contributed by atoms with van der Waals surface area (Å²) >= 11 is 11.7. The Balaban J connectivity index is 1.82. The molecule has 0 bridgehead atoms. The SMILES string of the molecule is Nc1ccccc1NC(=O)CCOc1ccc(Cl)c(Cl)c1. The Morgan fingerprint density at radius 2 is 1.90 bits per heavy atom. The van der Waals surface area contributed by atoms with Crippen molar-refractivity contribution in [1.82, 2.24) is 0 Å². The molecule has 0 fully saturated rings. The molecular weight excluding hydrogens is 311 g/mol. The molecule has 0 unspecified atom stereocenters. The second kappa shape index (κ2) is 7.20. The first-order chi connectivity index (χ1) is 10.1. The highest BCUT2D eigenvalue weighted by molar-refractivity contribution is 6.42. The minimum Gasteiger partial charge on any atom is -0.493 e. The lowest BCUT2D eigenvalue weighted by Gasteiger charge is -2.09. The van der Waals surface area contributed by atoms with Crippen molar-refractivity contribution in [2.24, 2.45) is 0 Å². The first kappa shape index (κ1) is 15.5. The van der Waals surface area contributed by atoms with E-state index >= 15 is 0 Å². The van der Waals surface area contributed by atoms with E-state index in [0.717, 1.165) is 0 Å². The fourth-order valence-corrected chi connectivity index (χ4v) is 1.94. The molecule has 0 saturated carbocycles. The third-order valence-corrected chi connectivity index (χ3v) is 3.46. The zero-order valence-electron chi connectivity index (χ0n) is 11.1. The van der Waals surface area contributed by atoms with E-state index < -0.39 is 0 Å². The monoisotopic (exact) mass is 324 g/mol. The normalized spacial score (nSPS) is 10.2. The maximum Gasteiger partial charge on any atom is 0.227 e. The van der Waals surface area contributed by atoms with Gasteiger partial charge in [-0.25, -0.2) is 0 Å². The van der Waals surface area contributed by atoms with E-state index in [1.54, 1.807) is 42.5 Å².